The van der Waals surface area contributed by atoms with Crippen LogP contribution in [0.1, 0.15) is 29.8 Å². The molecule has 0 unspecified atom stereocenters. The Morgan fingerprint density at radius 2 is 2.00 bits per heavy atom. The first-order valence-electron chi connectivity index (χ1n) is 6.31. The fraction of sp³-hybridized carbons (Fsp3) is 0.250. The fourth-order valence-electron chi connectivity index (χ4n) is 1.88. The molecule has 4 nitrogen and oxygen atoms in total. The summed E-state index contributed by atoms with van der Waals surface area (Å²) in [4.78, 5) is 15.6. The van der Waals surface area contributed by atoms with Gasteiger partial charge in [0.25, 0.3) is 0 Å². The third-order valence-corrected chi connectivity index (χ3v) is 2.98. The second-order valence-corrected chi connectivity index (χ2v) is 4.87. The molecule has 0 saturated carbocycles. The van der Waals surface area contributed by atoms with Crippen LogP contribution in [0.2, 0.25) is 0 Å². The molecule has 0 saturated heterocycles. The van der Waals surface area contributed by atoms with Gasteiger partial charge in [0.15, 0.2) is 0 Å². The summed E-state index contributed by atoms with van der Waals surface area (Å²) in [5.41, 5.74) is 0.888. The van der Waals surface area contributed by atoms with E-state index in [4.69, 9.17) is 9.47 Å². The Morgan fingerprint density at radius 3 is 2.65 bits per heavy atom. The van der Waals surface area contributed by atoms with E-state index in [1.165, 1.54) is 7.11 Å². The molecular weight excluding hydrogens is 254 g/mol. The lowest BCUT2D eigenvalue weighted by molar-refractivity contribution is 0.0598. The number of nitrogens with zero attached hydrogens (tertiary/aromatic N) is 1. The SMILES string of the molecule is COC(=O)c1cccc(OC(C)(C)c2cccnc2)c1. The van der Waals surface area contributed by atoms with E-state index in [9.17, 15) is 4.79 Å². The second-order valence-electron chi connectivity index (χ2n) is 4.87. The zero-order valence-electron chi connectivity index (χ0n) is 11.8. The lowest BCUT2D eigenvalue weighted by Crippen LogP contribution is -2.25. The van der Waals surface area contributed by atoms with Crippen molar-refractivity contribution >= 4 is 5.97 Å². The first-order valence-corrected chi connectivity index (χ1v) is 6.31. The van der Waals surface area contributed by atoms with Crippen LogP contribution in [0.5, 0.6) is 5.75 Å². The molecule has 0 radical (unpaired) electrons. The third kappa shape index (κ3) is 3.15. The van der Waals surface area contributed by atoms with Gasteiger partial charge in [0.1, 0.15) is 11.4 Å². The molecule has 0 aliphatic carbocycles. The summed E-state index contributed by atoms with van der Waals surface area (Å²) >= 11 is 0. The van der Waals surface area contributed by atoms with Gasteiger partial charge in [-0.1, -0.05) is 12.1 Å². The number of rotatable bonds is 4. The largest absolute Gasteiger partial charge is 0.483 e. The van der Waals surface area contributed by atoms with Crippen molar-refractivity contribution in [1.82, 2.24) is 4.98 Å². The van der Waals surface area contributed by atoms with Crippen molar-refractivity contribution in [2.24, 2.45) is 0 Å². The van der Waals surface area contributed by atoms with Gasteiger partial charge in [-0.25, -0.2) is 4.79 Å². The predicted octanol–water partition coefficient (Wildman–Crippen LogP) is 3.18. The summed E-state index contributed by atoms with van der Waals surface area (Å²) in [5.74, 6) is 0.233. The van der Waals surface area contributed by atoms with Gasteiger partial charge in [0, 0.05) is 18.0 Å². The number of hydrogen-bond donors (Lipinski definition) is 0. The topological polar surface area (TPSA) is 48.4 Å². The zero-order valence-corrected chi connectivity index (χ0v) is 11.8. The number of benzene rings is 1. The van der Waals surface area contributed by atoms with Gasteiger partial charge in [0.2, 0.25) is 0 Å². The molecule has 1 aromatic heterocycles. The quantitative estimate of drug-likeness (QED) is 0.801. The van der Waals surface area contributed by atoms with Gasteiger partial charge in [0.05, 0.1) is 12.7 Å². The van der Waals surface area contributed by atoms with E-state index in [0.717, 1.165) is 5.56 Å². The highest BCUT2D eigenvalue weighted by Gasteiger charge is 2.23. The molecule has 0 atom stereocenters. The van der Waals surface area contributed by atoms with E-state index in [1.807, 2.05) is 32.0 Å². The van der Waals surface area contributed by atoms with Crippen LogP contribution in [0.4, 0.5) is 0 Å². The summed E-state index contributed by atoms with van der Waals surface area (Å²) in [6.45, 7) is 3.91. The maximum atomic E-state index is 11.5. The summed E-state index contributed by atoms with van der Waals surface area (Å²) in [5, 5.41) is 0. The summed E-state index contributed by atoms with van der Waals surface area (Å²) in [6, 6.07) is 10.8. The normalized spacial score (nSPS) is 10.9. The van der Waals surface area contributed by atoms with Crippen molar-refractivity contribution < 1.29 is 14.3 Å². The highest BCUT2D eigenvalue weighted by molar-refractivity contribution is 5.89. The Bertz CT molecular complexity index is 594. The summed E-state index contributed by atoms with van der Waals surface area (Å²) < 4.78 is 10.7. The molecule has 0 fully saturated rings. The Kier molecular flexibility index (Phi) is 4.03. The Balaban J connectivity index is 2.23. The molecule has 0 N–H and O–H groups in total. The van der Waals surface area contributed by atoms with Crippen molar-refractivity contribution in [3.05, 3.63) is 59.9 Å². The first kappa shape index (κ1) is 14.1. The van der Waals surface area contributed by atoms with Crippen LogP contribution in [0.3, 0.4) is 0 Å². The van der Waals surface area contributed by atoms with E-state index in [2.05, 4.69) is 4.98 Å². The lowest BCUT2D eigenvalue weighted by Gasteiger charge is -2.26. The Labute approximate surface area is 118 Å². The monoisotopic (exact) mass is 271 g/mol. The van der Waals surface area contributed by atoms with Crippen LogP contribution in [-0.2, 0) is 10.3 Å². The number of ether oxygens (including phenoxy) is 2. The van der Waals surface area contributed by atoms with E-state index in [0.29, 0.717) is 11.3 Å². The molecule has 1 aromatic carbocycles. The molecule has 2 rings (SSSR count). The maximum Gasteiger partial charge on any atom is 0.337 e. The minimum absolute atomic E-state index is 0.380. The molecule has 0 bridgehead atoms. The summed E-state index contributed by atoms with van der Waals surface area (Å²) in [7, 11) is 1.36. The van der Waals surface area contributed by atoms with Crippen LogP contribution >= 0.6 is 0 Å². The second kappa shape index (κ2) is 5.74. The average molecular weight is 271 g/mol. The van der Waals surface area contributed by atoms with E-state index in [-0.39, 0.29) is 5.97 Å². The lowest BCUT2D eigenvalue weighted by atomic mass is 10.00. The minimum Gasteiger partial charge on any atom is -0.483 e. The fourth-order valence-corrected chi connectivity index (χ4v) is 1.88. The van der Waals surface area contributed by atoms with Crippen molar-refractivity contribution in [3.8, 4) is 5.75 Å². The van der Waals surface area contributed by atoms with Crippen molar-refractivity contribution in [1.29, 1.82) is 0 Å². The van der Waals surface area contributed by atoms with Crippen molar-refractivity contribution in [3.63, 3.8) is 0 Å². The highest BCUT2D eigenvalue weighted by Crippen LogP contribution is 2.27. The number of carbonyl (C=O) groups is 1. The number of aromatic nitrogens is 1. The zero-order chi connectivity index (χ0) is 14.6. The molecule has 1 heterocycles. The molecule has 20 heavy (non-hydrogen) atoms. The molecule has 0 amide bonds. The van der Waals surface area contributed by atoms with Crippen LogP contribution < -0.4 is 4.74 Å². The van der Waals surface area contributed by atoms with Gasteiger partial charge < -0.3 is 9.47 Å². The molecule has 0 aliphatic rings. The molecular formula is C16H17NO3. The Hall–Kier alpha value is -2.36. The van der Waals surface area contributed by atoms with Gasteiger partial charge >= 0.3 is 5.97 Å². The van der Waals surface area contributed by atoms with Gasteiger partial charge in [-0.05, 0) is 38.1 Å². The van der Waals surface area contributed by atoms with E-state index in [1.54, 1.807) is 30.6 Å². The molecule has 4 heteroatoms. The minimum atomic E-state index is -0.539. The van der Waals surface area contributed by atoms with Crippen LogP contribution in [0.15, 0.2) is 48.8 Å². The Morgan fingerprint density at radius 1 is 1.20 bits per heavy atom. The number of pyridine rings is 1. The first-order chi connectivity index (χ1) is 9.53. The smallest absolute Gasteiger partial charge is 0.337 e. The highest BCUT2D eigenvalue weighted by atomic mass is 16.5. The maximum absolute atomic E-state index is 11.5. The van der Waals surface area contributed by atoms with E-state index < -0.39 is 5.60 Å². The van der Waals surface area contributed by atoms with Gasteiger partial charge in [-0.2, -0.15) is 0 Å². The van der Waals surface area contributed by atoms with Crippen LogP contribution in [0, 0.1) is 0 Å². The van der Waals surface area contributed by atoms with Gasteiger partial charge in [-0.3, -0.25) is 4.98 Å². The van der Waals surface area contributed by atoms with E-state index >= 15 is 0 Å². The molecule has 0 aliphatic heterocycles. The number of hydrogen-bond acceptors (Lipinski definition) is 4. The van der Waals surface area contributed by atoms with Crippen LogP contribution in [0.25, 0.3) is 0 Å². The predicted molar refractivity (Wildman–Crippen MR) is 75.7 cm³/mol. The average Bonchev–Trinajstić information content (AvgIpc) is 2.47. The molecule has 104 valence electrons. The summed E-state index contributed by atoms with van der Waals surface area (Å²) in [6.07, 6.45) is 3.49. The van der Waals surface area contributed by atoms with Crippen molar-refractivity contribution in [2.75, 3.05) is 7.11 Å². The standard InChI is InChI=1S/C16H17NO3/c1-16(2,13-7-5-9-17-11-13)20-14-8-4-6-12(10-14)15(18)19-3/h4-11H,1-3H3. The number of carbonyl (C=O) groups excluding carboxylic acids is 1. The molecule has 0 spiro atoms. The number of methoxy groups -OCH3 is 1. The van der Waals surface area contributed by atoms with Crippen LogP contribution in [-0.4, -0.2) is 18.1 Å². The number of esters is 1. The molecule has 2 aromatic rings. The van der Waals surface area contributed by atoms with Crippen molar-refractivity contribution in [2.45, 2.75) is 19.4 Å². The third-order valence-electron chi connectivity index (χ3n) is 2.98. The van der Waals surface area contributed by atoms with Gasteiger partial charge in [-0.15, -0.1) is 0 Å².